The monoisotopic (exact) mass is 274 g/mol. The summed E-state index contributed by atoms with van der Waals surface area (Å²) in [6.07, 6.45) is 5.47. The van der Waals surface area contributed by atoms with Crippen molar-refractivity contribution in [3.63, 3.8) is 0 Å². The molecule has 2 aromatic rings. The number of hydrogen-bond acceptors (Lipinski definition) is 4. The number of pyridine rings is 1. The first kappa shape index (κ1) is 14.5. The Balaban J connectivity index is 2.57. The van der Waals surface area contributed by atoms with Crippen LogP contribution in [0.3, 0.4) is 0 Å². The van der Waals surface area contributed by atoms with Gasteiger partial charge in [-0.15, -0.1) is 0 Å². The van der Waals surface area contributed by atoms with E-state index in [-0.39, 0.29) is 12.1 Å². The van der Waals surface area contributed by atoms with E-state index in [0.717, 1.165) is 17.0 Å². The lowest BCUT2D eigenvalue weighted by Gasteiger charge is -2.22. The Morgan fingerprint density at radius 2 is 2.05 bits per heavy atom. The second-order valence-electron chi connectivity index (χ2n) is 5.09. The molecule has 0 spiro atoms. The Morgan fingerprint density at radius 1 is 1.30 bits per heavy atom. The van der Waals surface area contributed by atoms with E-state index >= 15 is 0 Å². The van der Waals surface area contributed by atoms with Crippen LogP contribution in [-0.4, -0.2) is 28.9 Å². The average molecular weight is 274 g/mol. The third-order valence-electron chi connectivity index (χ3n) is 3.44. The quantitative estimate of drug-likeness (QED) is 0.910. The van der Waals surface area contributed by atoms with E-state index in [4.69, 9.17) is 4.74 Å². The van der Waals surface area contributed by atoms with E-state index in [0.29, 0.717) is 0 Å². The molecule has 5 nitrogen and oxygen atoms in total. The van der Waals surface area contributed by atoms with Crippen LogP contribution in [0.5, 0.6) is 5.75 Å². The first-order valence-electron chi connectivity index (χ1n) is 6.79. The van der Waals surface area contributed by atoms with Gasteiger partial charge in [-0.1, -0.05) is 0 Å². The van der Waals surface area contributed by atoms with Crippen molar-refractivity contribution < 1.29 is 4.74 Å². The minimum Gasteiger partial charge on any atom is -0.493 e. The standard InChI is InChI=1S/C15H22N4O/c1-10(2)19-15(13(20-5)9-18-19)14(16-4)12-6-7-17-8-11(12)3/h6-10,14,16H,1-5H3. The number of aryl methyl sites for hydroxylation is 1. The highest BCUT2D eigenvalue weighted by atomic mass is 16.5. The molecule has 2 heterocycles. The summed E-state index contributed by atoms with van der Waals surface area (Å²) in [5, 5.41) is 7.81. The summed E-state index contributed by atoms with van der Waals surface area (Å²) < 4.78 is 7.48. The maximum absolute atomic E-state index is 5.48. The van der Waals surface area contributed by atoms with Crippen LogP contribution in [0, 0.1) is 6.92 Å². The van der Waals surface area contributed by atoms with Gasteiger partial charge in [0.25, 0.3) is 0 Å². The van der Waals surface area contributed by atoms with Crippen LogP contribution < -0.4 is 10.1 Å². The van der Waals surface area contributed by atoms with Gasteiger partial charge in [-0.05, 0) is 45.0 Å². The van der Waals surface area contributed by atoms with E-state index < -0.39 is 0 Å². The van der Waals surface area contributed by atoms with E-state index in [9.17, 15) is 0 Å². The van der Waals surface area contributed by atoms with Crippen LogP contribution in [0.1, 0.15) is 42.8 Å². The second-order valence-corrected chi connectivity index (χ2v) is 5.09. The van der Waals surface area contributed by atoms with Crippen molar-refractivity contribution in [1.82, 2.24) is 20.1 Å². The molecule has 1 N–H and O–H groups in total. The van der Waals surface area contributed by atoms with Gasteiger partial charge in [0.1, 0.15) is 5.69 Å². The Bertz CT molecular complexity index is 577. The molecule has 0 fully saturated rings. The van der Waals surface area contributed by atoms with Crippen molar-refractivity contribution in [3.8, 4) is 5.75 Å². The van der Waals surface area contributed by atoms with E-state index in [1.165, 1.54) is 5.56 Å². The van der Waals surface area contributed by atoms with Gasteiger partial charge in [0.2, 0.25) is 0 Å². The van der Waals surface area contributed by atoms with Gasteiger partial charge in [-0.25, -0.2) is 0 Å². The van der Waals surface area contributed by atoms with Gasteiger partial charge in [0.15, 0.2) is 5.75 Å². The van der Waals surface area contributed by atoms with Gasteiger partial charge in [0, 0.05) is 18.4 Å². The third kappa shape index (κ3) is 2.54. The largest absolute Gasteiger partial charge is 0.493 e. The number of rotatable bonds is 5. The van der Waals surface area contributed by atoms with Crippen LogP contribution in [0.4, 0.5) is 0 Å². The van der Waals surface area contributed by atoms with Crippen LogP contribution >= 0.6 is 0 Å². The Morgan fingerprint density at radius 3 is 2.60 bits per heavy atom. The molecule has 20 heavy (non-hydrogen) atoms. The summed E-state index contributed by atoms with van der Waals surface area (Å²) in [5.41, 5.74) is 3.37. The van der Waals surface area contributed by atoms with Crippen LogP contribution in [-0.2, 0) is 0 Å². The SMILES string of the molecule is CNC(c1ccncc1C)c1c(OC)cnn1C(C)C. The van der Waals surface area contributed by atoms with Crippen molar-refractivity contribution >= 4 is 0 Å². The molecule has 2 rings (SSSR count). The van der Waals surface area contributed by atoms with Gasteiger partial charge >= 0.3 is 0 Å². The molecule has 0 amide bonds. The molecule has 1 unspecified atom stereocenters. The lowest BCUT2D eigenvalue weighted by molar-refractivity contribution is 0.396. The highest BCUT2D eigenvalue weighted by molar-refractivity contribution is 5.39. The molecular weight excluding hydrogens is 252 g/mol. The summed E-state index contributed by atoms with van der Waals surface area (Å²) in [5.74, 6) is 0.800. The van der Waals surface area contributed by atoms with Gasteiger partial charge < -0.3 is 10.1 Å². The first-order valence-corrected chi connectivity index (χ1v) is 6.79. The Hall–Kier alpha value is -1.88. The van der Waals surface area contributed by atoms with E-state index in [1.807, 2.05) is 30.2 Å². The second kappa shape index (κ2) is 6.05. The molecule has 0 aromatic carbocycles. The fourth-order valence-electron chi connectivity index (χ4n) is 2.45. The third-order valence-corrected chi connectivity index (χ3v) is 3.44. The lowest BCUT2D eigenvalue weighted by atomic mass is 10.00. The topological polar surface area (TPSA) is 52.0 Å². The Kier molecular flexibility index (Phi) is 4.39. The van der Waals surface area contributed by atoms with Crippen LogP contribution in [0.15, 0.2) is 24.7 Å². The molecule has 1 atom stereocenters. The predicted molar refractivity (Wildman–Crippen MR) is 79.0 cm³/mol. The number of hydrogen-bond donors (Lipinski definition) is 1. The molecule has 0 aliphatic heterocycles. The first-order chi connectivity index (χ1) is 9.60. The number of aromatic nitrogens is 3. The summed E-state index contributed by atoms with van der Waals surface area (Å²) >= 11 is 0. The van der Waals surface area contributed by atoms with Gasteiger partial charge in [-0.2, -0.15) is 5.10 Å². The molecule has 2 aromatic heterocycles. The fraction of sp³-hybridized carbons (Fsp3) is 0.467. The molecule has 0 saturated heterocycles. The molecule has 108 valence electrons. The highest BCUT2D eigenvalue weighted by Gasteiger charge is 2.24. The summed E-state index contributed by atoms with van der Waals surface area (Å²) in [6.45, 7) is 6.29. The zero-order chi connectivity index (χ0) is 14.7. The van der Waals surface area contributed by atoms with Crippen molar-refractivity contribution in [1.29, 1.82) is 0 Å². The summed E-state index contributed by atoms with van der Waals surface area (Å²) in [4.78, 5) is 4.16. The molecule has 0 radical (unpaired) electrons. The summed E-state index contributed by atoms with van der Waals surface area (Å²) in [7, 11) is 3.62. The normalized spacial score (nSPS) is 12.7. The van der Waals surface area contributed by atoms with Crippen molar-refractivity contribution in [2.24, 2.45) is 0 Å². The molecule has 0 bridgehead atoms. The highest BCUT2D eigenvalue weighted by Crippen LogP contribution is 2.32. The van der Waals surface area contributed by atoms with E-state index in [1.54, 1.807) is 13.3 Å². The number of ether oxygens (including phenoxy) is 1. The minimum atomic E-state index is 0.0258. The van der Waals surface area contributed by atoms with Crippen molar-refractivity contribution in [2.75, 3.05) is 14.2 Å². The predicted octanol–water partition coefficient (Wildman–Crippen LogP) is 2.48. The smallest absolute Gasteiger partial charge is 0.161 e. The fourth-order valence-corrected chi connectivity index (χ4v) is 2.45. The lowest BCUT2D eigenvalue weighted by Crippen LogP contribution is -2.23. The van der Waals surface area contributed by atoms with Crippen molar-refractivity contribution in [2.45, 2.75) is 32.9 Å². The Labute approximate surface area is 120 Å². The number of nitrogens with zero attached hydrogens (tertiary/aromatic N) is 3. The minimum absolute atomic E-state index is 0.0258. The van der Waals surface area contributed by atoms with Crippen molar-refractivity contribution in [3.05, 3.63) is 41.5 Å². The average Bonchev–Trinajstić information content (AvgIpc) is 2.86. The van der Waals surface area contributed by atoms with Crippen LogP contribution in [0.25, 0.3) is 0 Å². The summed E-state index contributed by atoms with van der Waals surface area (Å²) in [6, 6.07) is 2.33. The number of methoxy groups -OCH3 is 1. The van der Waals surface area contributed by atoms with E-state index in [2.05, 4.69) is 36.2 Å². The molecule has 0 saturated carbocycles. The molecule has 5 heteroatoms. The maximum atomic E-state index is 5.48. The molecular formula is C15H22N4O. The maximum Gasteiger partial charge on any atom is 0.161 e. The zero-order valence-corrected chi connectivity index (χ0v) is 12.7. The van der Waals surface area contributed by atoms with Gasteiger partial charge in [0.05, 0.1) is 19.3 Å². The molecule has 0 aliphatic rings. The number of nitrogens with one attached hydrogen (secondary N) is 1. The van der Waals surface area contributed by atoms with Crippen LogP contribution in [0.2, 0.25) is 0 Å². The molecule has 0 aliphatic carbocycles. The zero-order valence-electron chi connectivity index (χ0n) is 12.7. The van der Waals surface area contributed by atoms with Gasteiger partial charge in [-0.3, -0.25) is 9.67 Å².